The largest absolute Gasteiger partial charge is 0.329 e. The highest BCUT2D eigenvalue weighted by Gasteiger charge is 2.13. The minimum absolute atomic E-state index is 0.136. The van der Waals surface area contributed by atoms with E-state index in [4.69, 9.17) is 5.73 Å². The van der Waals surface area contributed by atoms with E-state index in [2.05, 4.69) is 19.1 Å². The molecular formula is C12H17NO. The molecule has 1 aromatic rings. The second-order valence-corrected chi connectivity index (χ2v) is 3.49. The van der Waals surface area contributed by atoms with Crippen molar-refractivity contribution in [2.24, 2.45) is 5.73 Å². The summed E-state index contributed by atoms with van der Waals surface area (Å²) in [5.74, 6) is -0.00217. The molecule has 0 saturated heterocycles. The highest BCUT2D eigenvalue weighted by molar-refractivity contribution is 5.83. The van der Waals surface area contributed by atoms with Crippen LogP contribution in [0.4, 0.5) is 0 Å². The zero-order chi connectivity index (χ0) is 10.6. The third-order valence-corrected chi connectivity index (χ3v) is 2.52. The maximum atomic E-state index is 11.2. The van der Waals surface area contributed by atoms with Crippen molar-refractivity contribution in [1.29, 1.82) is 0 Å². The quantitative estimate of drug-likeness (QED) is 0.789. The van der Waals surface area contributed by atoms with E-state index in [1.165, 1.54) is 5.56 Å². The van der Waals surface area contributed by atoms with Crippen LogP contribution in [0.3, 0.4) is 0 Å². The van der Waals surface area contributed by atoms with Gasteiger partial charge in [-0.3, -0.25) is 4.79 Å². The van der Waals surface area contributed by atoms with Gasteiger partial charge in [-0.15, -0.1) is 0 Å². The fourth-order valence-corrected chi connectivity index (χ4v) is 1.52. The third-order valence-electron chi connectivity index (χ3n) is 2.52. The van der Waals surface area contributed by atoms with Gasteiger partial charge in [0.2, 0.25) is 0 Å². The second kappa shape index (κ2) is 4.91. The summed E-state index contributed by atoms with van der Waals surface area (Å²) in [6.45, 7) is 4.09. The van der Waals surface area contributed by atoms with E-state index in [-0.39, 0.29) is 11.7 Å². The number of benzene rings is 1. The Labute approximate surface area is 85.1 Å². The summed E-state index contributed by atoms with van der Waals surface area (Å²) in [6, 6.07) is 8.11. The van der Waals surface area contributed by atoms with Crippen LogP contribution in [0.5, 0.6) is 0 Å². The van der Waals surface area contributed by atoms with E-state index >= 15 is 0 Å². The summed E-state index contributed by atoms with van der Waals surface area (Å²) in [7, 11) is 0. The predicted molar refractivity (Wildman–Crippen MR) is 58.3 cm³/mol. The first-order valence-electron chi connectivity index (χ1n) is 4.98. The van der Waals surface area contributed by atoms with Crippen molar-refractivity contribution in [2.75, 3.05) is 6.54 Å². The zero-order valence-corrected chi connectivity index (χ0v) is 8.79. The molecule has 0 aliphatic rings. The summed E-state index contributed by atoms with van der Waals surface area (Å²) < 4.78 is 0. The van der Waals surface area contributed by atoms with Crippen molar-refractivity contribution in [3.05, 3.63) is 35.4 Å². The first kappa shape index (κ1) is 10.9. The molecule has 0 amide bonds. The minimum atomic E-state index is -0.138. The van der Waals surface area contributed by atoms with Crippen molar-refractivity contribution < 1.29 is 4.79 Å². The Morgan fingerprint density at radius 3 is 2.29 bits per heavy atom. The molecule has 14 heavy (non-hydrogen) atoms. The van der Waals surface area contributed by atoms with Gasteiger partial charge in [0.15, 0.2) is 0 Å². The highest BCUT2D eigenvalue weighted by Crippen LogP contribution is 2.16. The van der Waals surface area contributed by atoms with Crippen LogP contribution < -0.4 is 5.73 Å². The highest BCUT2D eigenvalue weighted by atomic mass is 16.1. The normalized spacial score (nSPS) is 12.5. The molecule has 0 saturated carbocycles. The van der Waals surface area contributed by atoms with Crippen molar-refractivity contribution in [1.82, 2.24) is 0 Å². The van der Waals surface area contributed by atoms with Crippen molar-refractivity contribution in [3.8, 4) is 0 Å². The van der Waals surface area contributed by atoms with E-state index < -0.39 is 0 Å². The van der Waals surface area contributed by atoms with Crippen molar-refractivity contribution in [3.63, 3.8) is 0 Å². The van der Waals surface area contributed by atoms with Gasteiger partial charge in [-0.2, -0.15) is 0 Å². The molecule has 0 spiro atoms. The van der Waals surface area contributed by atoms with Crippen LogP contribution in [0.2, 0.25) is 0 Å². The molecule has 0 unspecified atom stereocenters. The minimum Gasteiger partial charge on any atom is -0.329 e. The standard InChI is InChI=1S/C12H17NO/c1-3-10-4-6-11(7-5-10)12(8-13)9(2)14/h4-7,12H,3,8,13H2,1-2H3/t12-/m0/s1. The predicted octanol–water partition coefficient (Wildman–Crippen LogP) is 1.88. The van der Waals surface area contributed by atoms with Gasteiger partial charge in [0.1, 0.15) is 5.78 Å². The SMILES string of the molecule is CCc1ccc([C@@H](CN)C(C)=O)cc1. The van der Waals surface area contributed by atoms with Crippen LogP contribution in [0.25, 0.3) is 0 Å². The van der Waals surface area contributed by atoms with Crippen LogP contribution in [0, 0.1) is 0 Å². The first-order chi connectivity index (χ1) is 6.69. The molecule has 1 rings (SSSR count). The Hall–Kier alpha value is -1.15. The Kier molecular flexibility index (Phi) is 3.84. The van der Waals surface area contributed by atoms with Gasteiger partial charge in [0, 0.05) is 6.54 Å². The van der Waals surface area contributed by atoms with E-state index in [0.717, 1.165) is 12.0 Å². The van der Waals surface area contributed by atoms with Crippen molar-refractivity contribution >= 4 is 5.78 Å². The number of aryl methyl sites for hydroxylation is 1. The number of hydrogen-bond donors (Lipinski definition) is 1. The molecule has 1 aromatic carbocycles. The Balaban J connectivity index is 2.89. The van der Waals surface area contributed by atoms with Gasteiger partial charge in [0.05, 0.1) is 5.92 Å². The maximum Gasteiger partial charge on any atom is 0.138 e. The molecule has 2 nitrogen and oxygen atoms in total. The number of carbonyl (C=O) groups excluding carboxylic acids is 1. The van der Waals surface area contributed by atoms with E-state index in [1.54, 1.807) is 6.92 Å². The topological polar surface area (TPSA) is 43.1 Å². The fourth-order valence-electron chi connectivity index (χ4n) is 1.52. The zero-order valence-electron chi connectivity index (χ0n) is 8.79. The summed E-state index contributed by atoms with van der Waals surface area (Å²) in [5.41, 5.74) is 7.87. The molecule has 0 radical (unpaired) electrons. The molecule has 1 atom stereocenters. The molecule has 2 N–H and O–H groups in total. The second-order valence-electron chi connectivity index (χ2n) is 3.49. The lowest BCUT2D eigenvalue weighted by Crippen LogP contribution is -2.19. The number of ketones is 1. The average molecular weight is 191 g/mol. The number of nitrogens with two attached hydrogens (primary N) is 1. The molecule has 0 bridgehead atoms. The van der Waals surface area contributed by atoms with Gasteiger partial charge >= 0.3 is 0 Å². The molecule has 2 heteroatoms. The lowest BCUT2D eigenvalue weighted by Gasteiger charge is -2.11. The number of rotatable bonds is 4. The summed E-state index contributed by atoms with van der Waals surface area (Å²) in [6.07, 6.45) is 1.02. The lowest BCUT2D eigenvalue weighted by atomic mass is 9.94. The van der Waals surface area contributed by atoms with E-state index in [0.29, 0.717) is 6.54 Å². The van der Waals surface area contributed by atoms with Crippen LogP contribution in [0.1, 0.15) is 30.9 Å². The Bertz CT molecular complexity index is 303. The lowest BCUT2D eigenvalue weighted by molar-refractivity contribution is -0.118. The number of hydrogen-bond acceptors (Lipinski definition) is 2. The molecule has 0 aliphatic carbocycles. The molecule has 0 aliphatic heterocycles. The Morgan fingerprint density at radius 2 is 1.93 bits per heavy atom. The molecule has 0 aromatic heterocycles. The van der Waals surface area contributed by atoms with Crippen molar-refractivity contribution in [2.45, 2.75) is 26.2 Å². The van der Waals surface area contributed by atoms with Gasteiger partial charge < -0.3 is 5.73 Å². The number of carbonyl (C=O) groups is 1. The van der Waals surface area contributed by atoms with Gasteiger partial charge in [-0.25, -0.2) is 0 Å². The van der Waals surface area contributed by atoms with Crippen LogP contribution in [-0.2, 0) is 11.2 Å². The molecule has 0 heterocycles. The van der Waals surface area contributed by atoms with Gasteiger partial charge in [0.25, 0.3) is 0 Å². The van der Waals surface area contributed by atoms with E-state index in [9.17, 15) is 4.79 Å². The van der Waals surface area contributed by atoms with Gasteiger partial charge in [-0.1, -0.05) is 31.2 Å². The maximum absolute atomic E-state index is 11.2. The average Bonchev–Trinajstić information content (AvgIpc) is 2.19. The summed E-state index contributed by atoms with van der Waals surface area (Å²) in [4.78, 5) is 11.2. The summed E-state index contributed by atoms with van der Waals surface area (Å²) >= 11 is 0. The monoisotopic (exact) mass is 191 g/mol. The smallest absolute Gasteiger partial charge is 0.138 e. The van der Waals surface area contributed by atoms with Crippen LogP contribution in [0.15, 0.2) is 24.3 Å². The van der Waals surface area contributed by atoms with Crippen LogP contribution >= 0.6 is 0 Å². The molecule has 0 fully saturated rings. The molecule has 76 valence electrons. The van der Waals surface area contributed by atoms with E-state index in [1.807, 2.05) is 12.1 Å². The van der Waals surface area contributed by atoms with Gasteiger partial charge in [-0.05, 0) is 24.5 Å². The van der Waals surface area contributed by atoms with Crippen LogP contribution in [-0.4, -0.2) is 12.3 Å². The third kappa shape index (κ3) is 2.42. The molecular weight excluding hydrogens is 174 g/mol. The number of Topliss-reactive ketones (excluding diaryl/α,β-unsaturated/α-hetero) is 1. The summed E-state index contributed by atoms with van der Waals surface area (Å²) in [5, 5.41) is 0. The Morgan fingerprint density at radius 1 is 1.36 bits per heavy atom. The first-order valence-corrected chi connectivity index (χ1v) is 4.98. The fraction of sp³-hybridized carbons (Fsp3) is 0.417.